The van der Waals surface area contributed by atoms with Gasteiger partial charge in [-0.1, -0.05) is 11.3 Å². The predicted molar refractivity (Wildman–Crippen MR) is 114 cm³/mol. The summed E-state index contributed by atoms with van der Waals surface area (Å²) in [6.07, 6.45) is 2.65. The molecule has 2 amide bonds. The van der Waals surface area contributed by atoms with Crippen LogP contribution in [0.15, 0.2) is 36.5 Å². The van der Waals surface area contributed by atoms with Crippen molar-refractivity contribution in [2.75, 3.05) is 50.6 Å². The fraction of sp³-hybridized carbons (Fsp3) is 0.350. The number of carbonyl (C=O) groups excluding carboxylic acids is 1. The van der Waals surface area contributed by atoms with Crippen molar-refractivity contribution in [3.05, 3.63) is 36.5 Å². The molecule has 1 aliphatic heterocycles. The van der Waals surface area contributed by atoms with Gasteiger partial charge in [0.15, 0.2) is 5.13 Å². The molecule has 0 atom stereocenters. The molecule has 3 aromatic rings. The number of methoxy groups -OCH3 is 2. The number of ether oxygens (including phenoxy) is 2. The lowest BCUT2D eigenvalue weighted by molar-refractivity contribution is 0.215. The van der Waals surface area contributed by atoms with E-state index in [2.05, 4.69) is 20.2 Å². The number of amides is 2. The molecule has 8 nitrogen and oxygen atoms in total. The molecule has 1 saturated heterocycles. The Morgan fingerprint density at radius 2 is 2.03 bits per heavy atom. The lowest BCUT2D eigenvalue weighted by Crippen LogP contribution is -2.38. The van der Waals surface area contributed by atoms with E-state index in [4.69, 9.17) is 9.47 Å². The van der Waals surface area contributed by atoms with Gasteiger partial charge in [-0.05, 0) is 30.7 Å². The largest absolute Gasteiger partial charge is 0.497 e. The van der Waals surface area contributed by atoms with Crippen LogP contribution in [-0.4, -0.2) is 61.3 Å². The van der Waals surface area contributed by atoms with Gasteiger partial charge >= 0.3 is 6.03 Å². The molecule has 1 N–H and O–H groups in total. The van der Waals surface area contributed by atoms with Crippen LogP contribution in [0.5, 0.6) is 11.5 Å². The first-order valence-electron chi connectivity index (χ1n) is 9.42. The lowest BCUT2D eigenvalue weighted by Gasteiger charge is -2.22. The van der Waals surface area contributed by atoms with Crippen molar-refractivity contribution in [1.29, 1.82) is 0 Å². The average molecular weight is 414 g/mol. The van der Waals surface area contributed by atoms with Crippen molar-refractivity contribution in [2.45, 2.75) is 6.42 Å². The monoisotopic (exact) mass is 413 g/mol. The molecule has 29 heavy (non-hydrogen) atoms. The summed E-state index contributed by atoms with van der Waals surface area (Å²) in [6.45, 7) is 2.87. The Bertz CT molecular complexity index is 976. The van der Waals surface area contributed by atoms with Gasteiger partial charge in [-0.15, -0.1) is 0 Å². The molecular formula is C20H23N5O3S. The Balaban J connectivity index is 1.43. The Labute approximate surface area is 173 Å². The number of aromatic nitrogens is 2. The number of hydrogen-bond donors (Lipinski definition) is 1. The van der Waals surface area contributed by atoms with Crippen LogP contribution in [0.25, 0.3) is 10.3 Å². The zero-order valence-electron chi connectivity index (χ0n) is 16.4. The van der Waals surface area contributed by atoms with Gasteiger partial charge in [0.05, 0.1) is 19.9 Å². The smallest absolute Gasteiger partial charge is 0.322 e. The molecule has 152 valence electrons. The highest BCUT2D eigenvalue weighted by Crippen LogP contribution is 2.30. The number of fused-ring (bicyclic) bond motifs is 1. The number of thiazole rings is 1. The van der Waals surface area contributed by atoms with Crippen molar-refractivity contribution in [3.63, 3.8) is 0 Å². The Kier molecular flexibility index (Phi) is 5.66. The van der Waals surface area contributed by atoms with E-state index in [0.717, 1.165) is 35.0 Å². The molecule has 9 heteroatoms. The summed E-state index contributed by atoms with van der Waals surface area (Å²) >= 11 is 1.59. The van der Waals surface area contributed by atoms with Gasteiger partial charge in [0.1, 0.15) is 21.8 Å². The minimum atomic E-state index is -0.149. The van der Waals surface area contributed by atoms with Crippen LogP contribution in [0.4, 0.5) is 15.6 Å². The van der Waals surface area contributed by atoms with E-state index in [1.54, 1.807) is 50.0 Å². The van der Waals surface area contributed by atoms with E-state index >= 15 is 0 Å². The quantitative estimate of drug-likeness (QED) is 0.706. The third kappa shape index (κ3) is 4.19. The molecule has 0 aliphatic carbocycles. The first-order chi connectivity index (χ1) is 14.2. The summed E-state index contributed by atoms with van der Waals surface area (Å²) in [6, 6.07) is 9.05. The van der Waals surface area contributed by atoms with Crippen molar-refractivity contribution in [2.24, 2.45) is 0 Å². The topological polar surface area (TPSA) is 79.8 Å². The fourth-order valence-electron chi connectivity index (χ4n) is 3.31. The van der Waals surface area contributed by atoms with Gasteiger partial charge in [-0.25, -0.2) is 14.8 Å². The number of carbonyl (C=O) groups is 1. The molecule has 1 fully saturated rings. The van der Waals surface area contributed by atoms with Crippen LogP contribution in [0.2, 0.25) is 0 Å². The highest BCUT2D eigenvalue weighted by molar-refractivity contribution is 7.21. The molecule has 0 bridgehead atoms. The number of pyridine rings is 1. The standard InChI is InChI=1S/C20H23N5O3S/c1-27-14-6-7-17(28-2)16(13-14)22-19(26)24-9-4-10-25(12-11-24)20-23-15-5-3-8-21-18(15)29-20/h3,5-8,13H,4,9-12H2,1-2H3,(H,22,26). The number of hydrogen-bond acceptors (Lipinski definition) is 7. The SMILES string of the molecule is COc1ccc(OC)c(NC(=O)N2CCCN(c3nc4cccnc4s3)CC2)c1. The molecule has 0 unspecified atom stereocenters. The summed E-state index contributed by atoms with van der Waals surface area (Å²) in [5.41, 5.74) is 1.51. The molecule has 0 spiro atoms. The molecule has 2 aromatic heterocycles. The van der Waals surface area contributed by atoms with Crippen molar-refractivity contribution in [3.8, 4) is 11.5 Å². The van der Waals surface area contributed by atoms with Crippen LogP contribution in [0.1, 0.15) is 6.42 Å². The van der Waals surface area contributed by atoms with Gasteiger partial charge in [-0.2, -0.15) is 0 Å². The van der Waals surface area contributed by atoms with Crippen LogP contribution in [-0.2, 0) is 0 Å². The van der Waals surface area contributed by atoms with E-state index in [-0.39, 0.29) is 6.03 Å². The maximum Gasteiger partial charge on any atom is 0.322 e. The van der Waals surface area contributed by atoms with Crippen molar-refractivity contribution >= 4 is 38.5 Å². The number of urea groups is 1. The summed E-state index contributed by atoms with van der Waals surface area (Å²) in [7, 11) is 3.17. The molecule has 3 heterocycles. The number of nitrogens with zero attached hydrogens (tertiary/aromatic N) is 4. The van der Waals surface area contributed by atoms with Crippen LogP contribution >= 0.6 is 11.3 Å². The maximum absolute atomic E-state index is 12.8. The number of nitrogens with one attached hydrogen (secondary N) is 1. The fourth-order valence-corrected chi connectivity index (χ4v) is 4.27. The third-order valence-electron chi connectivity index (χ3n) is 4.86. The highest BCUT2D eigenvalue weighted by atomic mass is 32.1. The first-order valence-corrected chi connectivity index (χ1v) is 10.2. The molecule has 4 rings (SSSR count). The van der Waals surface area contributed by atoms with Gasteiger partial charge in [0, 0.05) is 38.4 Å². The second-order valence-electron chi connectivity index (χ2n) is 6.65. The number of benzene rings is 1. The van der Waals surface area contributed by atoms with E-state index < -0.39 is 0 Å². The predicted octanol–water partition coefficient (Wildman–Crippen LogP) is 3.45. The van der Waals surface area contributed by atoms with Crippen molar-refractivity contribution in [1.82, 2.24) is 14.9 Å². The Morgan fingerprint density at radius 3 is 2.83 bits per heavy atom. The van der Waals surface area contributed by atoms with Crippen LogP contribution < -0.4 is 19.7 Å². The van der Waals surface area contributed by atoms with Crippen LogP contribution in [0.3, 0.4) is 0 Å². The normalized spacial score (nSPS) is 14.6. The zero-order chi connectivity index (χ0) is 20.2. The van der Waals surface area contributed by atoms with Gasteiger partial charge < -0.3 is 24.6 Å². The van der Waals surface area contributed by atoms with E-state index in [1.165, 1.54) is 0 Å². The molecule has 1 aliphatic rings. The summed E-state index contributed by atoms with van der Waals surface area (Å²) < 4.78 is 10.6. The minimum absolute atomic E-state index is 0.149. The number of rotatable bonds is 4. The lowest BCUT2D eigenvalue weighted by atomic mass is 10.2. The second kappa shape index (κ2) is 8.52. The molecule has 1 aromatic carbocycles. The highest BCUT2D eigenvalue weighted by Gasteiger charge is 2.22. The van der Waals surface area contributed by atoms with Crippen LogP contribution in [0, 0.1) is 0 Å². The summed E-state index contributed by atoms with van der Waals surface area (Å²) in [5, 5.41) is 3.90. The van der Waals surface area contributed by atoms with Gasteiger partial charge in [-0.3, -0.25) is 0 Å². The average Bonchev–Trinajstić information content (AvgIpc) is 3.02. The summed E-state index contributed by atoms with van der Waals surface area (Å²) in [4.78, 5) is 26.9. The first kappa shape index (κ1) is 19.3. The zero-order valence-corrected chi connectivity index (χ0v) is 17.2. The molecule has 0 radical (unpaired) electrons. The van der Waals surface area contributed by atoms with Crippen molar-refractivity contribution < 1.29 is 14.3 Å². The maximum atomic E-state index is 12.8. The molecular weight excluding hydrogens is 390 g/mol. The van der Waals surface area contributed by atoms with Gasteiger partial charge in [0.25, 0.3) is 0 Å². The van der Waals surface area contributed by atoms with E-state index in [0.29, 0.717) is 30.3 Å². The Morgan fingerprint density at radius 1 is 1.14 bits per heavy atom. The molecule has 0 saturated carbocycles. The van der Waals surface area contributed by atoms with Gasteiger partial charge in [0.2, 0.25) is 0 Å². The minimum Gasteiger partial charge on any atom is -0.497 e. The summed E-state index contributed by atoms with van der Waals surface area (Å²) in [5.74, 6) is 1.25. The number of anilines is 2. The van der Waals surface area contributed by atoms with E-state index in [9.17, 15) is 4.79 Å². The second-order valence-corrected chi connectivity index (χ2v) is 7.60. The Hall–Kier alpha value is -3.07. The third-order valence-corrected chi connectivity index (χ3v) is 5.90. The van der Waals surface area contributed by atoms with E-state index in [1.807, 2.05) is 17.0 Å².